The molecule has 2 N–H and O–H groups in total. The molecule has 1 aliphatic heterocycles. The summed E-state index contributed by atoms with van der Waals surface area (Å²) in [6.07, 6.45) is 0. The zero-order chi connectivity index (χ0) is 22.6. The zero-order valence-electron chi connectivity index (χ0n) is 16.8. The number of pyridine rings is 1. The van der Waals surface area contributed by atoms with E-state index in [4.69, 9.17) is 4.74 Å². The Bertz CT molecular complexity index is 1520. The molecule has 9 heteroatoms. The minimum absolute atomic E-state index is 0.120. The molecule has 0 spiro atoms. The first-order valence-electron chi connectivity index (χ1n) is 9.79. The van der Waals surface area contributed by atoms with Gasteiger partial charge in [-0.15, -0.1) is 0 Å². The number of nitrogens with one attached hydrogen (secondary N) is 2. The van der Waals surface area contributed by atoms with Crippen molar-refractivity contribution in [1.29, 1.82) is 5.26 Å². The first-order valence-corrected chi connectivity index (χ1v) is 9.79. The summed E-state index contributed by atoms with van der Waals surface area (Å²) in [5.41, 5.74) is 1.41. The number of nitrogens with zero attached hydrogens (tertiary/aromatic N) is 2. The van der Waals surface area contributed by atoms with Gasteiger partial charge in [0.25, 0.3) is 11.5 Å². The lowest BCUT2D eigenvalue weighted by molar-refractivity contribution is 0.0333. The molecule has 32 heavy (non-hydrogen) atoms. The van der Waals surface area contributed by atoms with Crippen LogP contribution in [0.3, 0.4) is 0 Å². The Kier molecular flexibility index (Phi) is 4.53. The fourth-order valence-corrected chi connectivity index (χ4v) is 4.27. The lowest BCUT2D eigenvalue weighted by Gasteiger charge is -2.33. The minimum Gasteiger partial charge on any atom is -0.373 e. The highest BCUT2D eigenvalue weighted by atomic mass is 19.1. The van der Waals surface area contributed by atoms with E-state index in [1.54, 1.807) is 7.05 Å². The van der Waals surface area contributed by atoms with Gasteiger partial charge in [0.15, 0.2) is 0 Å². The number of rotatable bonds is 2. The van der Waals surface area contributed by atoms with Crippen LogP contribution in [0, 0.1) is 23.0 Å². The van der Waals surface area contributed by atoms with Gasteiger partial charge in [0.05, 0.1) is 41.8 Å². The van der Waals surface area contributed by atoms with Crippen molar-refractivity contribution >= 4 is 27.6 Å². The van der Waals surface area contributed by atoms with Gasteiger partial charge in [-0.05, 0) is 35.7 Å². The molecule has 1 amide bonds. The smallest absolute Gasteiger partial charge is 0.270 e. The number of amides is 1. The standard InChI is InChI=1S/C23H16F2N4O3/c1-29(23(31)18-7-15-11(8-26)4-13(25)6-17(15)27-18)20-10-32-9-19-21(20)14-3-2-12(24)5-16(14)22(30)28-19/h2-7,20,27H,9-10H2,1H3,(H,28,30)/t20-/m0/s1. The maximum atomic E-state index is 13.8. The first kappa shape index (κ1) is 19.9. The predicted molar refractivity (Wildman–Crippen MR) is 112 cm³/mol. The molecule has 0 radical (unpaired) electrons. The second-order valence-electron chi connectivity index (χ2n) is 7.69. The van der Waals surface area contributed by atoms with Crippen LogP contribution in [0.2, 0.25) is 0 Å². The molecule has 7 nitrogen and oxygen atoms in total. The quantitative estimate of drug-likeness (QED) is 0.504. The van der Waals surface area contributed by atoms with Gasteiger partial charge in [-0.2, -0.15) is 5.26 Å². The average Bonchev–Trinajstić information content (AvgIpc) is 3.21. The number of likely N-dealkylation sites (N-methyl/N-ethyl adjacent to an activating group) is 1. The van der Waals surface area contributed by atoms with Gasteiger partial charge >= 0.3 is 0 Å². The topological polar surface area (TPSA) is 102 Å². The third-order valence-electron chi connectivity index (χ3n) is 5.80. The van der Waals surface area contributed by atoms with Crippen molar-refractivity contribution in [3.05, 3.63) is 80.9 Å². The Hall–Kier alpha value is -4.03. The van der Waals surface area contributed by atoms with Crippen LogP contribution in [0.1, 0.15) is 33.4 Å². The van der Waals surface area contributed by atoms with Gasteiger partial charge in [-0.25, -0.2) is 8.78 Å². The predicted octanol–water partition coefficient (Wildman–Crippen LogP) is 3.50. The molecule has 4 aromatic rings. The van der Waals surface area contributed by atoms with Crippen LogP contribution in [0.25, 0.3) is 21.7 Å². The van der Waals surface area contributed by atoms with E-state index in [1.165, 1.54) is 35.2 Å². The summed E-state index contributed by atoms with van der Waals surface area (Å²) in [6, 6.07) is 9.18. The highest BCUT2D eigenvalue weighted by Gasteiger charge is 2.31. The maximum Gasteiger partial charge on any atom is 0.270 e. The normalized spacial score (nSPS) is 15.5. The maximum absolute atomic E-state index is 13.8. The van der Waals surface area contributed by atoms with Crippen molar-refractivity contribution in [3.8, 4) is 6.07 Å². The molecule has 0 unspecified atom stereocenters. The molecular formula is C23H16F2N4O3. The Balaban J connectivity index is 1.60. The third kappa shape index (κ3) is 3.04. The molecule has 1 aliphatic rings. The highest BCUT2D eigenvalue weighted by Crippen LogP contribution is 2.34. The van der Waals surface area contributed by atoms with Crippen LogP contribution in [0.4, 0.5) is 8.78 Å². The van der Waals surface area contributed by atoms with E-state index in [0.29, 0.717) is 27.5 Å². The largest absolute Gasteiger partial charge is 0.373 e. The number of hydrogen-bond acceptors (Lipinski definition) is 4. The molecular weight excluding hydrogens is 418 g/mol. The monoisotopic (exact) mass is 434 g/mol. The Morgan fingerprint density at radius 1 is 1.12 bits per heavy atom. The van der Waals surface area contributed by atoms with Crippen LogP contribution >= 0.6 is 0 Å². The van der Waals surface area contributed by atoms with Gasteiger partial charge < -0.3 is 19.6 Å². The van der Waals surface area contributed by atoms with Crippen molar-refractivity contribution in [2.45, 2.75) is 12.6 Å². The number of H-pyrrole nitrogens is 2. The number of nitriles is 1. The fraction of sp³-hybridized carbons (Fsp3) is 0.174. The van der Waals surface area contributed by atoms with Gasteiger partial charge in [-0.3, -0.25) is 9.59 Å². The van der Waals surface area contributed by atoms with E-state index < -0.39 is 29.1 Å². The summed E-state index contributed by atoms with van der Waals surface area (Å²) >= 11 is 0. The Labute approximate surface area is 179 Å². The summed E-state index contributed by atoms with van der Waals surface area (Å²) in [7, 11) is 1.59. The van der Waals surface area contributed by atoms with E-state index in [2.05, 4.69) is 9.97 Å². The number of fused-ring (bicyclic) bond motifs is 4. The number of aromatic amines is 2. The number of benzene rings is 2. The number of ether oxygens (including phenoxy) is 1. The molecule has 0 saturated carbocycles. The first-order chi connectivity index (χ1) is 15.4. The SMILES string of the molecule is CN(C(=O)c1cc2c(C#N)cc(F)cc2[nH]1)[C@H]1COCc2[nH]c(=O)c3cc(F)ccc3c21. The van der Waals surface area contributed by atoms with Crippen molar-refractivity contribution in [1.82, 2.24) is 14.9 Å². The highest BCUT2D eigenvalue weighted by molar-refractivity contribution is 6.00. The fourth-order valence-electron chi connectivity index (χ4n) is 4.27. The summed E-state index contributed by atoms with van der Waals surface area (Å²) in [5.74, 6) is -1.52. The van der Waals surface area contributed by atoms with Crippen molar-refractivity contribution in [2.75, 3.05) is 13.7 Å². The molecule has 2 aromatic heterocycles. The van der Waals surface area contributed by atoms with Gasteiger partial charge in [0.2, 0.25) is 0 Å². The van der Waals surface area contributed by atoms with Crippen LogP contribution in [-0.2, 0) is 11.3 Å². The summed E-state index contributed by atoms with van der Waals surface area (Å²) in [5, 5.41) is 10.5. The van der Waals surface area contributed by atoms with Crippen molar-refractivity contribution in [2.24, 2.45) is 0 Å². The molecule has 160 valence electrons. The molecule has 0 saturated heterocycles. The summed E-state index contributed by atoms with van der Waals surface area (Å²) in [6.45, 7) is 0.333. The van der Waals surface area contributed by atoms with Gasteiger partial charge in [0.1, 0.15) is 17.3 Å². The van der Waals surface area contributed by atoms with E-state index in [-0.39, 0.29) is 29.9 Å². The van der Waals surface area contributed by atoms with Crippen molar-refractivity contribution in [3.63, 3.8) is 0 Å². The zero-order valence-corrected chi connectivity index (χ0v) is 16.8. The van der Waals surface area contributed by atoms with Crippen LogP contribution < -0.4 is 5.56 Å². The van der Waals surface area contributed by atoms with E-state index in [9.17, 15) is 23.6 Å². The number of aromatic nitrogens is 2. The number of hydrogen-bond donors (Lipinski definition) is 2. The second-order valence-corrected chi connectivity index (χ2v) is 7.69. The number of carbonyl (C=O) groups excluding carboxylic acids is 1. The molecule has 3 heterocycles. The van der Waals surface area contributed by atoms with Crippen molar-refractivity contribution < 1.29 is 18.3 Å². The molecule has 5 rings (SSSR count). The average molecular weight is 434 g/mol. The minimum atomic E-state index is -0.583. The molecule has 0 aliphatic carbocycles. The Morgan fingerprint density at radius 3 is 2.72 bits per heavy atom. The van der Waals surface area contributed by atoms with Gasteiger partial charge in [0, 0.05) is 23.7 Å². The van der Waals surface area contributed by atoms with E-state index in [1.807, 2.05) is 6.07 Å². The molecule has 1 atom stereocenters. The second kappa shape index (κ2) is 7.28. The number of carbonyl (C=O) groups is 1. The summed E-state index contributed by atoms with van der Waals surface area (Å²) in [4.78, 5) is 32.8. The van der Waals surface area contributed by atoms with Crippen LogP contribution in [0.5, 0.6) is 0 Å². The summed E-state index contributed by atoms with van der Waals surface area (Å²) < 4.78 is 33.1. The molecule has 0 fully saturated rings. The third-order valence-corrected chi connectivity index (χ3v) is 5.80. The van der Waals surface area contributed by atoms with Crippen LogP contribution in [0.15, 0.2) is 41.2 Å². The lowest BCUT2D eigenvalue weighted by Crippen LogP contribution is -2.37. The number of halogens is 2. The lowest BCUT2D eigenvalue weighted by atomic mass is 9.95. The van der Waals surface area contributed by atoms with E-state index >= 15 is 0 Å². The van der Waals surface area contributed by atoms with Crippen LogP contribution in [-0.4, -0.2) is 34.4 Å². The Morgan fingerprint density at radius 2 is 1.94 bits per heavy atom. The van der Waals surface area contributed by atoms with E-state index in [0.717, 1.165) is 6.07 Å². The molecule has 2 aromatic carbocycles. The van der Waals surface area contributed by atoms with Gasteiger partial charge in [-0.1, -0.05) is 6.07 Å². The molecule has 0 bridgehead atoms.